The van der Waals surface area contributed by atoms with E-state index in [1.807, 2.05) is 0 Å². The van der Waals surface area contributed by atoms with Gasteiger partial charge in [-0.2, -0.15) is 0 Å². The van der Waals surface area contributed by atoms with Crippen molar-refractivity contribution in [2.24, 2.45) is 0 Å². The molecule has 0 unspecified atom stereocenters. The van der Waals surface area contributed by atoms with Gasteiger partial charge in [0.1, 0.15) is 0 Å². The van der Waals surface area contributed by atoms with E-state index in [1.165, 1.54) is 19.3 Å². The lowest BCUT2D eigenvalue weighted by molar-refractivity contribution is 0.370. The second kappa shape index (κ2) is 1.02. The topological polar surface area (TPSA) is 0 Å². The predicted molar refractivity (Wildman–Crippen MR) is 28.0 cm³/mol. The minimum Gasteiger partial charge on any atom is -0.0688 e. The summed E-state index contributed by atoms with van der Waals surface area (Å²) in [6.45, 7) is 2.11. The van der Waals surface area contributed by atoms with Crippen LogP contribution in [0.15, 0.2) is 0 Å². The van der Waals surface area contributed by atoms with E-state index in [9.17, 15) is 0 Å². The van der Waals surface area contributed by atoms with Crippen molar-refractivity contribution < 1.29 is 0 Å². The van der Waals surface area contributed by atoms with Crippen molar-refractivity contribution in [3.63, 3.8) is 0 Å². The van der Waals surface area contributed by atoms with Crippen LogP contribution in [-0.4, -0.2) is 7.85 Å². The standard InChI is InChI=1S/C5H9B/c1-5(6)3-2-4-5/h2-4H2,1H3. The van der Waals surface area contributed by atoms with Gasteiger partial charge in [0.05, 0.1) is 7.85 Å². The lowest BCUT2D eigenvalue weighted by atomic mass is 9.57. The van der Waals surface area contributed by atoms with Crippen LogP contribution in [0.3, 0.4) is 0 Å². The van der Waals surface area contributed by atoms with E-state index >= 15 is 0 Å². The maximum absolute atomic E-state index is 5.62. The van der Waals surface area contributed by atoms with Gasteiger partial charge >= 0.3 is 0 Å². The van der Waals surface area contributed by atoms with Crippen LogP contribution in [0.25, 0.3) is 0 Å². The zero-order chi connectivity index (χ0) is 4.62. The molecule has 0 atom stereocenters. The fourth-order valence-corrected chi connectivity index (χ4v) is 0.734. The normalized spacial score (nSPS) is 28.8. The van der Waals surface area contributed by atoms with Crippen LogP contribution in [0.2, 0.25) is 5.31 Å². The molecule has 1 heteroatoms. The summed E-state index contributed by atoms with van der Waals surface area (Å²) in [6, 6.07) is 0. The first kappa shape index (κ1) is 4.23. The van der Waals surface area contributed by atoms with Crippen LogP contribution in [0.1, 0.15) is 26.2 Å². The second-order valence-corrected chi connectivity index (χ2v) is 2.51. The van der Waals surface area contributed by atoms with Gasteiger partial charge in [-0.15, -0.1) is 0 Å². The summed E-state index contributed by atoms with van der Waals surface area (Å²) in [5.41, 5.74) is 0. The van der Waals surface area contributed by atoms with Gasteiger partial charge in [-0.1, -0.05) is 31.5 Å². The van der Waals surface area contributed by atoms with Gasteiger partial charge in [-0.05, 0) is 0 Å². The van der Waals surface area contributed by atoms with Crippen LogP contribution in [0.4, 0.5) is 0 Å². The molecule has 0 aromatic rings. The summed E-state index contributed by atoms with van der Waals surface area (Å²) in [4.78, 5) is 0. The third kappa shape index (κ3) is 0.587. The van der Waals surface area contributed by atoms with Gasteiger partial charge < -0.3 is 0 Å². The maximum Gasteiger partial charge on any atom is 0.0742 e. The molecule has 0 saturated heterocycles. The molecule has 0 amide bonds. The van der Waals surface area contributed by atoms with Crippen molar-refractivity contribution in [2.75, 3.05) is 0 Å². The molecule has 0 nitrogen and oxygen atoms in total. The van der Waals surface area contributed by atoms with Gasteiger partial charge in [-0.25, -0.2) is 0 Å². The lowest BCUT2D eigenvalue weighted by Gasteiger charge is -2.34. The van der Waals surface area contributed by atoms with Gasteiger partial charge in [0.2, 0.25) is 0 Å². The monoisotopic (exact) mass is 80.1 g/mol. The molecule has 0 aromatic carbocycles. The molecule has 2 radical (unpaired) electrons. The smallest absolute Gasteiger partial charge is 0.0688 e. The van der Waals surface area contributed by atoms with Crippen LogP contribution in [0.5, 0.6) is 0 Å². The summed E-state index contributed by atoms with van der Waals surface area (Å²) in [6.07, 6.45) is 3.80. The van der Waals surface area contributed by atoms with E-state index < -0.39 is 0 Å². The zero-order valence-corrected chi connectivity index (χ0v) is 4.20. The molecule has 1 fully saturated rings. The number of hydrogen-bond acceptors (Lipinski definition) is 0. The lowest BCUT2D eigenvalue weighted by Crippen LogP contribution is -2.16. The Kier molecular flexibility index (Phi) is 0.718. The summed E-state index contributed by atoms with van der Waals surface area (Å²) in [5.74, 6) is 0. The largest absolute Gasteiger partial charge is 0.0742 e. The molecular weight excluding hydrogens is 70.9 g/mol. The third-order valence-corrected chi connectivity index (χ3v) is 1.50. The van der Waals surface area contributed by atoms with Crippen molar-refractivity contribution in [2.45, 2.75) is 31.5 Å². The number of hydrogen-bond donors (Lipinski definition) is 0. The first-order valence-electron chi connectivity index (χ1n) is 2.50. The Balaban J connectivity index is 2.31. The Labute approximate surface area is 40.3 Å². The third-order valence-electron chi connectivity index (χ3n) is 1.50. The van der Waals surface area contributed by atoms with Crippen molar-refractivity contribution in [3.05, 3.63) is 0 Å². The van der Waals surface area contributed by atoms with Crippen molar-refractivity contribution in [1.82, 2.24) is 0 Å². The summed E-state index contributed by atoms with van der Waals surface area (Å²) < 4.78 is 0. The fraction of sp³-hybridized carbons (Fsp3) is 1.00. The summed E-state index contributed by atoms with van der Waals surface area (Å²) >= 11 is 0. The van der Waals surface area contributed by atoms with E-state index in [0.29, 0.717) is 0 Å². The molecule has 0 spiro atoms. The average Bonchev–Trinajstić information content (AvgIpc) is 1.32. The molecule has 0 N–H and O–H groups in total. The molecule has 1 aliphatic rings. The second-order valence-electron chi connectivity index (χ2n) is 2.51. The minimum absolute atomic E-state index is 0.222. The highest BCUT2D eigenvalue weighted by molar-refractivity contribution is 6.15. The molecule has 0 aliphatic heterocycles. The predicted octanol–water partition coefficient (Wildman–Crippen LogP) is 1.52. The van der Waals surface area contributed by atoms with Crippen LogP contribution < -0.4 is 0 Å². The molecule has 1 aliphatic carbocycles. The van der Waals surface area contributed by atoms with Crippen molar-refractivity contribution >= 4 is 7.85 Å². The zero-order valence-electron chi connectivity index (χ0n) is 4.20. The van der Waals surface area contributed by atoms with Gasteiger partial charge in [-0.3, -0.25) is 0 Å². The van der Waals surface area contributed by atoms with Gasteiger partial charge in [0, 0.05) is 0 Å². The first-order valence-corrected chi connectivity index (χ1v) is 2.50. The van der Waals surface area contributed by atoms with Gasteiger partial charge in [0.25, 0.3) is 0 Å². The highest BCUT2D eigenvalue weighted by atomic mass is 14.2. The Bertz CT molecular complexity index is 51.0. The van der Waals surface area contributed by atoms with Crippen LogP contribution in [-0.2, 0) is 0 Å². The Morgan fingerprint density at radius 1 is 1.50 bits per heavy atom. The van der Waals surface area contributed by atoms with Crippen molar-refractivity contribution in [1.29, 1.82) is 0 Å². The molecule has 0 heterocycles. The fourth-order valence-electron chi connectivity index (χ4n) is 0.734. The average molecular weight is 79.9 g/mol. The maximum atomic E-state index is 5.62. The molecule has 6 heavy (non-hydrogen) atoms. The highest BCUT2D eigenvalue weighted by Gasteiger charge is 2.24. The SMILES string of the molecule is [B]C1(C)CCC1. The molecule has 1 rings (SSSR count). The summed E-state index contributed by atoms with van der Waals surface area (Å²) in [7, 11) is 5.62. The quantitative estimate of drug-likeness (QED) is 0.387. The minimum atomic E-state index is 0.222. The Morgan fingerprint density at radius 3 is 1.83 bits per heavy atom. The Hall–Kier alpha value is 0.0649. The van der Waals surface area contributed by atoms with Crippen LogP contribution >= 0.6 is 0 Å². The van der Waals surface area contributed by atoms with E-state index in [-0.39, 0.29) is 5.31 Å². The summed E-state index contributed by atoms with van der Waals surface area (Å²) in [5, 5.41) is 0.222. The van der Waals surface area contributed by atoms with Gasteiger partial charge in [0.15, 0.2) is 0 Å². The van der Waals surface area contributed by atoms with E-state index in [2.05, 4.69) is 6.92 Å². The molecule has 32 valence electrons. The van der Waals surface area contributed by atoms with Crippen molar-refractivity contribution in [3.8, 4) is 0 Å². The molecular formula is C5H9B. The van der Waals surface area contributed by atoms with E-state index in [1.54, 1.807) is 0 Å². The molecule has 1 saturated carbocycles. The van der Waals surface area contributed by atoms with E-state index in [4.69, 9.17) is 7.85 Å². The van der Waals surface area contributed by atoms with E-state index in [0.717, 1.165) is 0 Å². The molecule has 0 bridgehead atoms. The molecule has 0 aromatic heterocycles. The highest BCUT2D eigenvalue weighted by Crippen LogP contribution is 2.43. The Morgan fingerprint density at radius 2 is 1.83 bits per heavy atom. The first-order chi connectivity index (χ1) is 2.71. The van der Waals surface area contributed by atoms with Crippen LogP contribution in [0, 0.1) is 0 Å². The number of rotatable bonds is 0.